The van der Waals surface area contributed by atoms with Gasteiger partial charge in [-0.15, -0.1) is 0 Å². The van der Waals surface area contributed by atoms with Gasteiger partial charge in [0.1, 0.15) is 4.90 Å². The summed E-state index contributed by atoms with van der Waals surface area (Å²) in [5.41, 5.74) is 0. The summed E-state index contributed by atoms with van der Waals surface area (Å²) in [5.74, 6) is 0. The normalized spacial score (nSPS) is 11.5. The fourth-order valence-electron chi connectivity index (χ4n) is 1.50. The maximum Gasteiger partial charge on any atom is 0.208 e. The van der Waals surface area contributed by atoms with Crippen LogP contribution < -0.4 is 0 Å². The Kier molecular flexibility index (Phi) is 4.31. The van der Waals surface area contributed by atoms with Crippen molar-refractivity contribution in [1.82, 2.24) is 0 Å². The van der Waals surface area contributed by atoms with E-state index in [4.69, 9.17) is 0 Å². The summed E-state index contributed by atoms with van der Waals surface area (Å²) in [6.07, 6.45) is 0. The largest absolute Gasteiger partial charge is 0.218 e. The molecule has 2 aromatic carbocycles. The first-order valence-corrected chi connectivity index (χ1v) is 8.74. The Bertz CT molecular complexity index is 659. The zero-order valence-corrected chi connectivity index (χ0v) is 14.5. The fraction of sp³-hybridized carbons (Fsp3) is 0. The highest BCUT2D eigenvalue weighted by atomic mass is 79.9. The molecule has 0 atom stereocenters. The molecule has 2 aromatic rings. The predicted molar refractivity (Wildman–Crippen MR) is 81.4 cm³/mol. The zero-order chi connectivity index (χ0) is 13.3. The van der Waals surface area contributed by atoms with E-state index in [1.54, 1.807) is 42.5 Å². The lowest BCUT2D eigenvalue weighted by atomic mass is 10.4. The van der Waals surface area contributed by atoms with Gasteiger partial charge in [-0.2, -0.15) is 0 Å². The fourth-order valence-corrected chi connectivity index (χ4v) is 6.42. The quantitative estimate of drug-likeness (QED) is 0.652. The van der Waals surface area contributed by atoms with Crippen LogP contribution in [0.1, 0.15) is 0 Å². The molecule has 94 valence electrons. The number of benzene rings is 2. The van der Waals surface area contributed by atoms with Crippen LogP contribution in [0.4, 0.5) is 0 Å². The molecule has 0 aromatic heterocycles. The van der Waals surface area contributed by atoms with Gasteiger partial charge in [-0.1, -0.05) is 34.1 Å². The first-order valence-electron chi connectivity index (χ1n) is 4.87. The summed E-state index contributed by atoms with van der Waals surface area (Å²) in [6.45, 7) is 0. The van der Waals surface area contributed by atoms with Gasteiger partial charge in [-0.05, 0) is 56.1 Å². The average molecular weight is 455 g/mol. The highest BCUT2D eigenvalue weighted by Crippen LogP contribution is 2.36. The van der Waals surface area contributed by atoms with Gasteiger partial charge in [0.2, 0.25) is 9.84 Å². The van der Waals surface area contributed by atoms with E-state index in [1.165, 1.54) is 0 Å². The SMILES string of the molecule is O=S(=O)(c1ccccc1)c1c(Br)cc(Br)cc1Br. The van der Waals surface area contributed by atoms with Crippen molar-refractivity contribution in [2.24, 2.45) is 0 Å². The minimum atomic E-state index is -3.53. The maximum atomic E-state index is 12.5. The smallest absolute Gasteiger partial charge is 0.208 e. The van der Waals surface area contributed by atoms with Crippen LogP contribution in [0.25, 0.3) is 0 Å². The first-order chi connectivity index (χ1) is 8.43. The summed E-state index contributed by atoms with van der Waals surface area (Å²) in [4.78, 5) is 0.505. The van der Waals surface area contributed by atoms with E-state index >= 15 is 0 Å². The number of halogens is 3. The molecule has 0 aliphatic carbocycles. The van der Waals surface area contributed by atoms with Crippen LogP contribution in [-0.2, 0) is 9.84 Å². The molecule has 0 spiro atoms. The van der Waals surface area contributed by atoms with E-state index in [-0.39, 0.29) is 9.79 Å². The lowest BCUT2D eigenvalue weighted by molar-refractivity contribution is 0.595. The Morgan fingerprint density at radius 2 is 1.33 bits per heavy atom. The lowest BCUT2D eigenvalue weighted by Gasteiger charge is -2.09. The van der Waals surface area contributed by atoms with E-state index in [0.717, 1.165) is 4.47 Å². The number of sulfone groups is 1. The molecule has 2 rings (SSSR count). The number of rotatable bonds is 2. The zero-order valence-electron chi connectivity index (χ0n) is 8.90. The van der Waals surface area contributed by atoms with Crippen LogP contribution in [0.15, 0.2) is 65.7 Å². The van der Waals surface area contributed by atoms with Gasteiger partial charge in [-0.25, -0.2) is 8.42 Å². The van der Waals surface area contributed by atoms with E-state index in [9.17, 15) is 8.42 Å². The van der Waals surface area contributed by atoms with Gasteiger partial charge < -0.3 is 0 Å². The van der Waals surface area contributed by atoms with Crippen molar-refractivity contribution in [3.05, 3.63) is 55.9 Å². The van der Waals surface area contributed by atoms with Gasteiger partial charge in [0, 0.05) is 13.4 Å². The Labute approximate surface area is 131 Å². The molecule has 2 nitrogen and oxygen atoms in total. The van der Waals surface area contributed by atoms with Crippen LogP contribution in [-0.4, -0.2) is 8.42 Å². The second kappa shape index (κ2) is 5.45. The third kappa shape index (κ3) is 2.71. The Morgan fingerprint density at radius 1 is 0.833 bits per heavy atom. The van der Waals surface area contributed by atoms with Gasteiger partial charge in [0.05, 0.1) is 4.90 Å². The second-order valence-electron chi connectivity index (χ2n) is 3.52. The Morgan fingerprint density at radius 3 is 1.83 bits per heavy atom. The van der Waals surface area contributed by atoms with Crippen molar-refractivity contribution in [2.45, 2.75) is 9.79 Å². The van der Waals surface area contributed by atoms with Crippen molar-refractivity contribution >= 4 is 57.6 Å². The first kappa shape index (κ1) is 14.2. The standard InChI is InChI=1S/C12H7Br3O2S/c13-8-6-10(14)12(11(15)7-8)18(16,17)9-4-2-1-3-5-9/h1-7H. The van der Waals surface area contributed by atoms with Crippen molar-refractivity contribution in [3.8, 4) is 0 Å². The average Bonchev–Trinajstić information content (AvgIpc) is 2.28. The van der Waals surface area contributed by atoms with E-state index in [0.29, 0.717) is 8.95 Å². The van der Waals surface area contributed by atoms with Crippen LogP contribution >= 0.6 is 47.8 Å². The molecule has 0 bridgehead atoms. The van der Waals surface area contributed by atoms with Crippen molar-refractivity contribution in [3.63, 3.8) is 0 Å². The molecule has 0 aliphatic rings. The van der Waals surface area contributed by atoms with Crippen LogP contribution in [0.5, 0.6) is 0 Å². The molecule has 0 N–H and O–H groups in total. The molecule has 0 aliphatic heterocycles. The topological polar surface area (TPSA) is 34.1 Å². The summed E-state index contributed by atoms with van der Waals surface area (Å²) in [6, 6.07) is 11.8. The van der Waals surface area contributed by atoms with E-state index in [2.05, 4.69) is 47.8 Å². The molecule has 0 saturated heterocycles. The van der Waals surface area contributed by atoms with Gasteiger partial charge >= 0.3 is 0 Å². The van der Waals surface area contributed by atoms with Crippen LogP contribution in [0.2, 0.25) is 0 Å². The minimum Gasteiger partial charge on any atom is -0.218 e. The molecule has 18 heavy (non-hydrogen) atoms. The van der Waals surface area contributed by atoms with Crippen LogP contribution in [0, 0.1) is 0 Å². The van der Waals surface area contributed by atoms with Crippen LogP contribution in [0.3, 0.4) is 0 Å². The second-order valence-corrected chi connectivity index (χ2v) is 8.03. The Balaban J connectivity index is 2.70. The van der Waals surface area contributed by atoms with E-state index < -0.39 is 9.84 Å². The highest BCUT2D eigenvalue weighted by Gasteiger charge is 2.23. The summed E-state index contributed by atoms with van der Waals surface area (Å²) < 4.78 is 26.9. The molecule has 0 radical (unpaired) electrons. The molecular weight excluding hydrogens is 448 g/mol. The predicted octanol–water partition coefficient (Wildman–Crippen LogP) is 4.81. The number of hydrogen-bond donors (Lipinski definition) is 0. The van der Waals surface area contributed by atoms with Crippen molar-refractivity contribution < 1.29 is 8.42 Å². The monoisotopic (exact) mass is 452 g/mol. The molecule has 0 amide bonds. The van der Waals surface area contributed by atoms with Gasteiger partial charge in [0.15, 0.2) is 0 Å². The third-order valence-corrected chi connectivity index (χ3v) is 6.39. The third-order valence-electron chi connectivity index (χ3n) is 2.29. The van der Waals surface area contributed by atoms with Crippen molar-refractivity contribution in [2.75, 3.05) is 0 Å². The Hall–Kier alpha value is -0.170. The molecule has 0 unspecified atom stereocenters. The van der Waals surface area contributed by atoms with Gasteiger partial charge in [0.25, 0.3) is 0 Å². The number of hydrogen-bond acceptors (Lipinski definition) is 2. The van der Waals surface area contributed by atoms with E-state index in [1.807, 2.05) is 0 Å². The summed E-state index contributed by atoms with van der Waals surface area (Å²) >= 11 is 9.90. The molecular formula is C12H7Br3O2S. The highest BCUT2D eigenvalue weighted by molar-refractivity contribution is 9.11. The molecule has 6 heteroatoms. The molecule has 0 heterocycles. The summed E-state index contributed by atoms with van der Waals surface area (Å²) in [7, 11) is -3.53. The molecule has 0 saturated carbocycles. The van der Waals surface area contributed by atoms with Crippen molar-refractivity contribution in [1.29, 1.82) is 0 Å². The maximum absolute atomic E-state index is 12.5. The summed E-state index contributed by atoms with van der Waals surface area (Å²) in [5, 5.41) is 0. The molecule has 0 fully saturated rings. The lowest BCUT2D eigenvalue weighted by Crippen LogP contribution is -2.04. The minimum absolute atomic E-state index is 0.233. The van der Waals surface area contributed by atoms with Gasteiger partial charge in [-0.3, -0.25) is 0 Å².